The van der Waals surface area contributed by atoms with Gasteiger partial charge in [-0.15, -0.1) is 0 Å². The van der Waals surface area contributed by atoms with Crippen LogP contribution in [-0.2, 0) is 90.1 Å². The smallest absolute Gasteiger partial charge is 0.496 e. The Kier molecular flexibility index (Phi) is 38.2. The minimum atomic E-state index is -0.617. The van der Waals surface area contributed by atoms with Gasteiger partial charge in [0.25, 0.3) is 0 Å². The Bertz CT molecular complexity index is 5700. The molecule has 7 aromatic heterocycles. The van der Waals surface area contributed by atoms with E-state index in [1.165, 1.54) is 37.2 Å². The molecule has 2 saturated heterocycles. The molecule has 2 aromatic carbocycles. The number of nitrogens with zero attached hydrogens (tertiary/aromatic N) is 12. The van der Waals surface area contributed by atoms with Crippen LogP contribution in [0.3, 0.4) is 0 Å². The third kappa shape index (κ3) is 28.7. The molecule has 1 N–H and O–H groups in total. The summed E-state index contributed by atoms with van der Waals surface area (Å²) >= 11 is 3.36. The second-order valence-electron chi connectivity index (χ2n) is 41.7. The van der Waals surface area contributed by atoms with Gasteiger partial charge in [-0.3, -0.25) is 19.6 Å². The van der Waals surface area contributed by atoms with Gasteiger partial charge in [-0.2, -0.15) is 0 Å². The zero-order valence-electron chi connectivity index (χ0n) is 88.0. The maximum Gasteiger partial charge on any atom is 0.496 e. The lowest BCUT2D eigenvalue weighted by Crippen LogP contribution is -2.41. The van der Waals surface area contributed by atoms with Crippen LogP contribution in [0.4, 0.5) is 28.0 Å². The SMILES string of the molecule is CC(C)OC(=O)[C@H]1CCC[C@H](Oc2ccc(-c3ncn(C)c3COC(=O)N(C)C3CCCC3)cc2F)C1.CC(C)OC(=O)[C@H]1CCC[C@H](Oc2ccc(B3OC(C)(C)C(C)(C)O3)cc2F)C1.Cc1noc(-c2ccc(B3OC(C)(C)C(C)(C)O3)cn2)c1COC(=O)N(C)C1CCCC1.Cc1noc(-c2ccc(Br)cn2)c1COC(=O)N(C)C1CCCC1.Cc1noc(-c2ccc(O)cn2)c1COC(=O)N(C)C1CCCC1. The molecule has 0 spiro atoms. The van der Waals surface area contributed by atoms with Crippen molar-refractivity contribution in [2.75, 3.05) is 28.2 Å². The third-order valence-electron chi connectivity index (χ3n) is 29.4. The minimum absolute atomic E-state index is 0.0392. The molecule has 4 amide bonds. The fraction of sp³-hybridized carbons (Fsp3) is 0.579. The number of carbonyl (C=O) groups is 6. The fourth-order valence-electron chi connectivity index (χ4n) is 19.0. The lowest BCUT2D eigenvalue weighted by Gasteiger charge is -2.32. The van der Waals surface area contributed by atoms with Crippen LogP contribution in [0.25, 0.3) is 45.6 Å². The van der Waals surface area contributed by atoms with Gasteiger partial charge in [0.15, 0.2) is 40.4 Å². The Morgan fingerprint density at radius 3 is 1.14 bits per heavy atom. The Morgan fingerprint density at radius 1 is 0.445 bits per heavy atom. The standard InChI is InChI=1S/C28H38FN3O5.C23H32BN3O5.C22H32BFO5.C17H20BrN3O3.C17H21N3O4/c1-18(2)36-27(33)20-8-7-11-22(14-20)37-25-13-12-19(15-23(25)29)26-24(31(3)17-30-26)16-35-28(34)32(4)21-9-5-6-10-21;1-15-18(14-29-21(28)27(6)17-9-7-8-10-17)20(30-26-15)19-12-11-16(13-25-19)24-31-22(2,3)23(4,5)32-24;1-14(2)26-20(25)15-8-7-9-17(12-15)27-19-11-10-16(13-18(19)24)23-28-21(3,4)22(5,6)29-23;1-11-14(10-23-17(22)21(2)13-5-3-4-6-13)16(24-20-11)15-8-7-12(18)9-19-15;1-11-14(10-23-17(22)20(2)12-5-3-4-6-12)16(24-19-11)15-8-7-13(21)9-18-15/h12-13,15,17-18,20-22H,5-11,14,16H2,1-4H3;11-13,17H,7-10,14H2,1-6H3;10-11,13-15,17H,7-9,12H2,1-6H3;7-9,13H,3-6,10H2,1-2H3;7-9,12,21H,3-6,10H2,1-2H3/t20-,22-;;15-,17-;;/m0.0../s1. The van der Waals surface area contributed by atoms with Crippen LogP contribution in [0.1, 0.15) is 277 Å². The van der Waals surface area contributed by atoms with E-state index in [2.05, 4.69) is 51.3 Å². The fourth-order valence-corrected chi connectivity index (χ4v) is 19.2. The van der Waals surface area contributed by atoms with E-state index in [1.807, 2.05) is 128 Å². The molecule has 4 atom stereocenters. The first-order valence-corrected chi connectivity index (χ1v) is 51.9. The first-order chi connectivity index (χ1) is 69.4. The number of benzene rings is 2. The summed E-state index contributed by atoms with van der Waals surface area (Å²) in [6.45, 7) is 29.0. The number of imidazole rings is 1. The van der Waals surface area contributed by atoms with E-state index in [1.54, 1.807) is 108 Å². The van der Waals surface area contributed by atoms with E-state index in [0.29, 0.717) is 97.8 Å². The normalized spacial score (nSPS) is 19.5. The average Bonchev–Trinajstić information content (AvgIpc) is 1.62. The number of esters is 2. The topological polar surface area (TPSA) is 381 Å². The van der Waals surface area contributed by atoms with Crippen LogP contribution in [0.5, 0.6) is 17.2 Å². The number of pyridine rings is 3. The highest BCUT2D eigenvalue weighted by molar-refractivity contribution is 9.10. The van der Waals surface area contributed by atoms with Crippen molar-refractivity contribution in [1.82, 2.24) is 59.6 Å². The van der Waals surface area contributed by atoms with Crippen LogP contribution < -0.4 is 20.4 Å². The van der Waals surface area contributed by atoms with Crippen molar-refractivity contribution in [3.63, 3.8) is 0 Å². The van der Waals surface area contributed by atoms with Crippen molar-refractivity contribution >= 4 is 77.4 Å². The maximum atomic E-state index is 15.1. The van der Waals surface area contributed by atoms with Crippen molar-refractivity contribution in [2.45, 2.75) is 355 Å². The quantitative estimate of drug-likeness (QED) is 0.0299. The van der Waals surface area contributed by atoms with E-state index >= 15 is 4.39 Å². The van der Waals surface area contributed by atoms with Crippen LogP contribution >= 0.6 is 15.9 Å². The number of aromatic hydroxyl groups is 1. The van der Waals surface area contributed by atoms with Crippen LogP contribution in [-0.4, -0.2) is 214 Å². The van der Waals surface area contributed by atoms with E-state index in [9.17, 15) is 38.3 Å². The molecule has 9 aromatic rings. The number of ether oxygens (including phenoxy) is 8. The van der Waals surface area contributed by atoms with Crippen LogP contribution in [0, 0.1) is 44.2 Å². The highest BCUT2D eigenvalue weighted by Crippen LogP contribution is 2.42. The van der Waals surface area contributed by atoms with Gasteiger partial charge in [-0.05, 0) is 289 Å². The summed E-state index contributed by atoms with van der Waals surface area (Å²) in [6.07, 6.45) is 27.6. The zero-order valence-corrected chi connectivity index (χ0v) is 89.6. The van der Waals surface area contributed by atoms with Crippen molar-refractivity contribution in [2.24, 2.45) is 18.9 Å². The number of carbonyl (C=O) groups excluding carboxylic acids is 6. The molecule has 9 heterocycles. The number of halogens is 3. The van der Waals surface area contributed by atoms with Crippen molar-refractivity contribution < 1.29 is 113 Å². The number of hydrogen-bond acceptors (Lipinski definition) is 29. The van der Waals surface area contributed by atoms with Gasteiger partial charge in [0.05, 0.1) is 116 Å². The largest absolute Gasteiger partial charge is 0.506 e. The molecule has 0 unspecified atom stereocenters. The van der Waals surface area contributed by atoms with Gasteiger partial charge in [0.1, 0.15) is 49.3 Å². The molecule has 8 fully saturated rings. The maximum absolute atomic E-state index is 15.1. The van der Waals surface area contributed by atoms with Crippen LogP contribution in [0.2, 0.25) is 0 Å². The monoisotopic (exact) mass is 2090 g/mol. The van der Waals surface area contributed by atoms with Gasteiger partial charge in [-0.1, -0.05) is 79.0 Å². The number of aryl methyl sites for hydroxylation is 4. The van der Waals surface area contributed by atoms with Crippen molar-refractivity contribution in [3.8, 4) is 62.9 Å². The molecule has 146 heavy (non-hydrogen) atoms. The summed E-state index contributed by atoms with van der Waals surface area (Å²) in [7, 11) is 7.88. The second kappa shape index (κ2) is 50.0. The Labute approximate surface area is 863 Å². The Balaban J connectivity index is 0.000000154. The highest BCUT2D eigenvalue weighted by Gasteiger charge is 2.54. The predicted molar refractivity (Wildman–Crippen MR) is 545 cm³/mol. The lowest BCUT2D eigenvalue weighted by molar-refractivity contribution is -0.155. The Morgan fingerprint density at radius 2 is 0.795 bits per heavy atom. The van der Waals surface area contributed by atoms with Crippen molar-refractivity contribution in [1.29, 1.82) is 0 Å². The second-order valence-corrected chi connectivity index (χ2v) is 42.6. The number of aromatic nitrogens is 8. The summed E-state index contributed by atoms with van der Waals surface area (Å²) < 4.78 is 118. The molecule has 0 bridgehead atoms. The summed E-state index contributed by atoms with van der Waals surface area (Å²) in [5.74, 6) is 0.116. The van der Waals surface area contributed by atoms with E-state index in [0.717, 1.165) is 144 Å². The summed E-state index contributed by atoms with van der Waals surface area (Å²) in [5.41, 5.74) is 7.44. The van der Waals surface area contributed by atoms with Gasteiger partial charge in [0.2, 0.25) is 0 Å². The molecule has 39 heteroatoms. The minimum Gasteiger partial charge on any atom is -0.506 e. The molecule has 6 saturated carbocycles. The average molecular weight is 2090 g/mol. The van der Waals surface area contributed by atoms with Gasteiger partial charge >= 0.3 is 50.5 Å². The van der Waals surface area contributed by atoms with Gasteiger partial charge in [0, 0.05) is 87.3 Å². The van der Waals surface area contributed by atoms with E-state index in [-0.39, 0.29) is 140 Å². The van der Waals surface area contributed by atoms with Crippen molar-refractivity contribution in [3.05, 3.63) is 153 Å². The number of hydrogen-bond donors (Lipinski definition) is 1. The molecule has 790 valence electrons. The van der Waals surface area contributed by atoms with E-state index < -0.39 is 48.3 Å². The number of rotatable bonds is 26. The molecular weight excluding hydrogens is 1940 g/mol. The molecule has 2 aliphatic heterocycles. The van der Waals surface area contributed by atoms with Crippen LogP contribution in [0.15, 0.2) is 116 Å². The molecular formula is C107H143B2BrF2N12O22. The van der Waals surface area contributed by atoms with E-state index in [4.69, 9.17) is 70.1 Å². The molecule has 0 radical (unpaired) electrons. The van der Waals surface area contributed by atoms with Gasteiger partial charge < -0.3 is 99.4 Å². The number of amides is 4. The highest BCUT2D eigenvalue weighted by atomic mass is 79.9. The molecule has 8 aliphatic rings. The molecule has 17 rings (SSSR count). The zero-order chi connectivity index (χ0) is 105. The summed E-state index contributed by atoms with van der Waals surface area (Å²) in [5, 5.41) is 21.3. The molecule has 6 aliphatic carbocycles. The summed E-state index contributed by atoms with van der Waals surface area (Å²) in [4.78, 5) is 98.2. The first kappa shape index (κ1) is 112. The lowest BCUT2D eigenvalue weighted by atomic mass is 9.79. The molecule has 34 nitrogen and oxygen atoms in total. The predicted octanol–water partition coefficient (Wildman–Crippen LogP) is 21.1. The summed E-state index contributed by atoms with van der Waals surface area (Å²) in [6, 6.07) is 21.2. The first-order valence-electron chi connectivity index (χ1n) is 51.1. The third-order valence-corrected chi connectivity index (χ3v) is 29.9. The van der Waals surface area contributed by atoms with Gasteiger partial charge in [-0.25, -0.2) is 37.9 Å². The Hall–Kier alpha value is -11.5.